The van der Waals surface area contributed by atoms with E-state index >= 15 is 0 Å². The van der Waals surface area contributed by atoms with Gasteiger partial charge in [0.2, 0.25) is 10.0 Å². The van der Waals surface area contributed by atoms with Gasteiger partial charge in [-0.25, -0.2) is 13.1 Å². The molecule has 1 unspecified atom stereocenters. The minimum Gasteiger partial charge on any atom is -0.484 e. The van der Waals surface area contributed by atoms with Crippen molar-refractivity contribution in [1.82, 2.24) is 10.0 Å². The molecule has 2 rings (SSSR count). The van der Waals surface area contributed by atoms with E-state index in [1.54, 1.807) is 31.2 Å². The van der Waals surface area contributed by atoms with E-state index in [-0.39, 0.29) is 30.5 Å². The molecule has 2 aromatic rings. The first-order valence-corrected chi connectivity index (χ1v) is 11.0. The van der Waals surface area contributed by atoms with Gasteiger partial charge in [0, 0.05) is 17.6 Å². The summed E-state index contributed by atoms with van der Waals surface area (Å²) in [5.74, 6) is -0.927. The van der Waals surface area contributed by atoms with Crippen LogP contribution in [0.25, 0.3) is 0 Å². The first-order chi connectivity index (χ1) is 14.2. The third-order valence-corrected chi connectivity index (χ3v) is 5.83. The predicted molar refractivity (Wildman–Crippen MR) is 112 cm³/mol. The van der Waals surface area contributed by atoms with Gasteiger partial charge < -0.3 is 15.2 Å². The van der Waals surface area contributed by atoms with Crippen LogP contribution in [0.4, 0.5) is 0 Å². The molecular formula is C20H23ClN2O6S. The number of carbonyl (C=O) groups excluding carboxylic acids is 1. The number of carboxylic acid groups (broad SMARTS) is 1. The maximum absolute atomic E-state index is 12.4. The number of amides is 1. The average molecular weight is 455 g/mol. The second-order valence-electron chi connectivity index (χ2n) is 6.61. The van der Waals surface area contributed by atoms with E-state index < -0.39 is 21.9 Å². The van der Waals surface area contributed by atoms with E-state index in [0.29, 0.717) is 17.2 Å². The number of sulfonamides is 1. The number of halogens is 1. The predicted octanol–water partition coefficient (Wildman–Crippen LogP) is 2.22. The Morgan fingerprint density at radius 3 is 2.33 bits per heavy atom. The summed E-state index contributed by atoms with van der Waals surface area (Å²) in [7, 11) is -3.65. The number of carbonyl (C=O) groups is 2. The van der Waals surface area contributed by atoms with Crippen LogP contribution in [-0.2, 0) is 26.0 Å². The summed E-state index contributed by atoms with van der Waals surface area (Å²) in [6.07, 6.45) is 0.309. The maximum atomic E-state index is 12.4. The van der Waals surface area contributed by atoms with Crippen LogP contribution in [-0.4, -0.2) is 44.6 Å². The van der Waals surface area contributed by atoms with Crippen molar-refractivity contribution >= 4 is 33.5 Å². The number of ether oxygens (including phenoxy) is 1. The molecule has 0 bridgehead atoms. The van der Waals surface area contributed by atoms with Gasteiger partial charge in [-0.3, -0.25) is 9.59 Å². The summed E-state index contributed by atoms with van der Waals surface area (Å²) in [5, 5.41) is 11.4. The van der Waals surface area contributed by atoms with Gasteiger partial charge in [0.25, 0.3) is 5.91 Å². The van der Waals surface area contributed by atoms with Crippen molar-refractivity contribution in [3.05, 3.63) is 59.1 Å². The lowest BCUT2D eigenvalue weighted by Crippen LogP contribution is -2.34. The van der Waals surface area contributed by atoms with Crippen molar-refractivity contribution in [2.24, 2.45) is 0 Å². The smallest absolute Gasteiger partial charge is 0.305 e. The minimum atomic E-state index is -3.65. The van der Waals surface area contributed by atoms with E-state index in [0.717, 1.165) is 5.56 Å². The highest BCUT2D eigenvalue weighted by atomic mass is 35.5. The Labute approximate surface area is 180 Å². The van der Waals surface area contributed by atoms with Crippen molar-refractivity contribution < 1.29 is 27.9 Å². The van der Waals surface area contributed by atoms with E-state index in [1.807, 2.05) is 0 Å². The molecule has 0 saturated heterocycles. The Balaban J connectivity index is 1.82. The third kappa shape index (κ3) is 8.02. The summed E-state index contributed by atoms with van der Waals surface area (Å²) in [4.78, 5) is 22.1. The highest BCUT2D eigenvalue weighted by Gasteiger charge is 2.17. The summed E-state index contributed by atoms with van der Waals surface area (Å²) in [6.45, 7) is 1.58. The molecule has 162 valence electrons. The quantitative estimate of drug-likeness (QED) is 0.478. The summed E-state index contributed by atoms with van der Waals surface area (Å²) < 4.78 is 32.8. The first kappa shape index (κ1) is 23.7. The SMILES string of the molecule is CC(Cc1ccc(OCC(=O)NCCC(=O)O)cc1)NS(=O)(=O)c1ccc(Cl)cc1. The Bertz CT molecular complexity index is 962. The maximum Gasteiger partial charge on any atom is 0.305 e. The molecule has 0 aromatic heterocycles. The highest BCUT2D eigenvalue weighted by Crippen LogP contribution is 2.16. The fourth-order valence-electron chi connectivity index (χ4n) is 2.57. The van der Waals surface area contributed by atoms with E-state index in [2.05, 4.69) is 10.0 Å². The van der Waals surface area contributed by atoms with Crippen molar-refractivity contribution in [3.63, 3.8) is 0 Å². The van der Waals surface area contributed by atoms with Gasteiger partial charge in [-0.15, -0.1) is 0 Å². The van der Waals surface area contributed by atoms with Crippen molar-refractivity contribution in [2.75, 3.05) is 13.2 Å². The monoisotopic (exact) mass is 454 g/mol. The van der Waals surface area contributed by atoms with Crippen molar-refractivity contribution in [3.8, 4) is 5.75 Å². The zero-order valence-corrected chi connectivity index (χ0v) is 17.9. The zero-order valence-electron chi connectivity index (χ0n) is 16.3. The Morgan fingerprint density at radius 2 is 1.73 bits per heavy atom. The van der Waals surface area contributed by atoms with Crippen molar-refractivity contribution in [1.29, 1.82) is 0 Å². The molecule has 3 N–H and O–H groups in total. The van der Waals surface area contributed by atoms with Crippen molar-refractivity contribution in [2.45, 2.75) is 30.7 Å². The molecule has 0 aliphatic heterocycles. The fraction of sp³-hybridized carbons (Fsp3) is 0.300. The molecule has 8 nitrogen and oxygen atoms in total. The molecule has 1 atom stereocenters. The van der Waals surface area contributed by atoms with E-state index in [4.69, 9.17) is 21.4 Å². The van der Waals surface area contributed by atoms with Crippen LogP contribution in [0.3, 0.4) is 0 Å². The van der Waals surface area contributed by atoms with E-state index in [9.17, 15) is 18.0 Å². The highest BCUT2D eigenvalue weighted by molar-refractivity contribution is 7.89. The lowest BCUT2D eigenvalue weighted by molar-refractivity contribution is -0.137. The van der Waals surface area contributed by atoms with Gasteiger partial charge in [-0.2, -0.15) is 0 Å². The van der Waals surface area contributed by atoms with Crippen LogP contribution in [0.1, 0.15) is 18.9 Å². The molecule has 0 radical (unpaired) electrons. The molecule has 0 fully saturated rings. The molecule has 0 aliphatic rings. The van der Waals surface area contributed by atoms with Crippen LogP contribution in [0.15, 0.2) is 53.4 Å². The standard InChI is InChI=1S/C20H23ClN2O6S/c1-14(23-30(27,28)18-8-4-16(21)5-9-18)12-15-2-6-17(7-3-15)29-13-19(24)22-11-10-20(25)26/h2-9,14,23H,10-13H2,1H3,(H,22,24)(H,25,26). The largest absolute Gasteiger partial charge is 0.484 e. The summed E-state index contributed by atoms with van der Waals surface area (Å²) >= 11 is 5.79. The minimum absolute atomic E-state index is 0.0419. The van der Waals surface area contributed by atoms with Crippen LogP contribution in [0, 0.1) is 0 Å². The van der Waals surface area contributed by atoms with Gasteiger partial charge >= 0.3 is 5.97 Å². The topological polar surface area (TPSA) is 122 Å². The number of aliphatic carboxylic acids is 1. The van der Waals surface area contributed by atoms with Crippen LogP contribution in [0.2, 0.25) is 5.02 Å². The molecule has 2 aromatic carbocycles. The van der Waals surface area contributed by atoms with Gasteiger partial charge in [-0.05, 0) is 55.3 Å². The molecule has 0 spiro atoms. The Kier molecular flexibility index (Phi) is 8.64. The van der Waals surface area contributed by atoms with Crippen LogP contribution >= 0.6 is 11.6 Å². The number of hydrogen-bond donors (Lipinski definition) is 3. The van der Waals surface area contributed by atoms with Crippen LogP contribution < -0.4 is 14.8 Å². The summed E-state index contributed by atoms with van der Waals surface area (Å²) in [5.41, 5.74) is 0.888. The van der Waals surface area contributed by atoms with Gasteiger partial charge in [0.15, 0.2) is 6.61 Å². The van der Waals surface area contributed by atoms with Gasteiger partial charge in [-0.1, -0.05) is 23.7 Å². The first-order valence-electron chi connectivity index (χ1n) is 9.14. The normalized spacial score (nSPS) is 12.2. The van der Waals surface area contributed by atoms with Gasteiger partial charge in [0.1, 0.15) is 5.75 Å². The average Bonchev–Trinajstić information content (AvgIpc) is 2.67. The molecule has 10 heteroatoms. The lowest BCUT2D eigenvalue weighted by Gasteiger charge is -2.15. The van der Waals surface area contributed by atoms with Crippen LogP contribution in [0.5, 0.6) is 5.75 Å². The third-order valence-electron chi connectivity index (χ3n) is 3.98. The number of carboxylic acids is 1. The molecule has 0 aliphatic carbocycles. The Morgan fingerprint density at radius 1 is 1.10 bits per heavy atom. The van der Waals surface area contributed by atoms with Gasteiger partial charge in [0.05, 0.1) is 11.3 Å². The molecule has 0 saturated carbocycles. The summed E-state index contributed by atoms with van der Waals surface area (Å²) in [6, 6.07) is 12.5. The Hall–Kier alpha value is -2.62. The second kappa shape index (κ2) is 11.0. The molecule has 0 heterocycles. The molecular weight excluding hydrogens is 432 g/mol. The number of hydrogen-bond acceptors (Lipinski definition) is 5. The second-order valence-corrected chi connectivity index (χ2v) is 8.76. The molecule has 30 heavy (non-hydrogen) atoms. The van der Waals surface area contributed by atoms with E-state index in [1.165, 1.54) is 24.3 Å². The number of rotatable bonds is 11. The lowest BCUT2D eigenvalue weighted by atomic mass is 10.1. The number of nitrogens with one attached hydrogen (secondary N) is 2. The number of benzene rings is 2. The zero-order chi connectivity index (χ0) is 22.1. The molecule has 1 amide bonds. The fourth-order valence-corrected chi connectivity index (χ4v) is 3.94.